The van der Waals surface area contributed by atoms with E-state index in [0.29, 0.717) is 6.42 Å². The van der Waals surface area contributed by atoms with Gasteiger partial charge in [-0.25, -0.2) is 4.79 Å². The van der Waals surface area contributed by atoms with E-state index in [2.05, 4.69) is 4.98 Å². The van der Waals surface area contributed by atoms with Gasteiger partial charge in [-0.05, 0) is 40.9 Å². The minimum atomic E-state index is -0.565. The van der Waals surface area contributed by atoms with Crippen LogP contribution in [0, 0.1) is 6.92 Å². The van der Waals surface area contributed by atoms with E-state index in [4.69, 9.17) is 0 Å². The molecule has 6 heteroatoms. The molecule has 1 heterocycles. The van der Waals surface area contributed by atoms with Crippen molar-refractivity contribution in [3.63, 3.8) is 0 Å². The van der Waals surface area contributed by atoms with Gasteiger partial charge in [-0.2, -0.15) is 0 Å². The largest absolute Gasteiger partial charge is 0.494 e. The Balaban J connectivity index is 3.10. The Bertz CT molecular complexity index is 502. The molecule has 1 unspecified atom stereocenters. The lowest BCUT2D eigenvalue weighted by Gasteiger charge is -2.19. The number of hydrogen-bond acceptors (Lipinski definition) is 4. The topological polar surface area (TPSA) is 78.3 Å². The van der Waals surface area contributed by atoms with Crippen LogP contribution in [0.25, 0.3) is 0 Å². The Morgan fingerprint density at radius 2 is 2.00 bits per heavy atom. The van der Waals surface area contributed by atoms with Crippen LogP contribution in [0.1, 0.15) is 24.9 Å². The number of nitrogens with zero attached hydrogens (tertiary/aromatic N) is 2. The second-order valence-corrected chi connectivity index (χ2v) is 4.52. The predicted octanol–water partition coefficient (Wildman–Crippen LogP) is 0.0633. The quantitative estimate of drug-likeness (QED) is 0.781. The van der Waals surface area contributed by atoms with Gasteiger partial charge in [-0.15, -0.1) is 0 Å². The average molecular weight is 241 g/mol. The molecule has 1 rings (SSSR count). The molecule has 1 atom stereocenters. The fraction of sp³-hybridized carbons (Fsp3) is 0.636. The van der Waals surface area contributed by atoms with E-state index in [1.165, 1.54) is 11.5 Å². The van der Waals surface area contributed by atoms with Crippen molar-refractivity contribution in [1.29, 1.82) is 0 Å². The maximum atomic E-state index is 11.6. The van der Waals surface area contributed by atoms with E-state index >= 15 is 0 Å². The zero-order chi connectivity index (χ0) is 13.2. The summed E-state index contributed by atoms with van der Waals surface area (Å²) >= 11 is 0. The summed E-state index contributed by atoms with van der Waals surface area (Å²) < 4.78 is 1.22. The molecule has 0 aromatic carbocycles. The van der Waals surface area contributed by atoms with Crippen molar-refractivity contribution in [2.45, 2.75) is 26.3 Å². The van der Waals surface area contributed by atoms with E-state index < -0.39 is 11.2 Å². The summed E-state index contributed by atoms with van der Waals surface area (Å²) in [5.74, 6) is -0.245. The molecule has 1 aromatic rings. The first-order chi connectivity index (χ1) is 7.84. The molecule has 0 fully saturated rings. The third-order valence-electron chi connectivity index (χ3n) is 2.78. The number of hydrogen-bond donors (Lipinski definition) is 2. The van der Waals surface area contributed by atoms with Crippen LogP contribution in [-0.4, -0.2) is 40.2 Å². The summed E-state index contributed by atoms with van der Waals surface area (Å²) in [5.41, 5.74) is -0.936. The first-order valence-electron chi connectivity index (χ1n) is 5.53. The summed E-state index contributed by atoms with van der Waals surface area (Å²) in [4.78, 5) is 27.1. The van der Waals surface area contributed by atoms with Crippen LogP contribution in [-0.2, 0) is 0 Å². The monoisotopic (exact) mass is 241 g/mol. The van der Waals surface area contributed by atoms with Crippen molar-refractivity contribution in [2.24, 2.45) is 0 Å². The Labute approximate surface area is 99.5 Å². The lowest BCUT2D eigenvalue weighted by Crippen LogP contribution is -2.33. The minimum Gasteiger partial charge on any atom is -0.494 e. The van der Waals surface area contributed by atoms with Gasteiger partial charge < -0.3 is 10.0 Å². The van der Waals surface area contributed by atoms with E-state index in [0.717, 1.165) is 6.54 Å². The Kier molecular flexibility index (Phi) is 4.11. The molecule has 0 radical (unpaired) electrons. The number of aromatic amines is 1. The number of H-pyrrole nitrogens is 1. The highest BCUT2D eigenvalue weighted by Gasteiger charge is 2.15. The van der Waals surface area contributed by atoms with E-state index in [1.54, 1.807) is 0 Å². The molecule has 0 saturated heterocycles. The highest BCUT2D eigenvalue weighted by Crippen LogP contribution is 2.17. The number of rotatable bonds is 4. The van der Waals surface area contributed by atoms with Crippen LogP contribution in [0.4, 0.5) is 0 Å². The summed E-state index contributed by atoms with van der Waals surface area (Å²) in [7, 11) is 3.88. The van der Waals surface area contributed by atoms with Gasteiger partial charge >= 0.3 is 5.69 Å². The van der Waals surface area contributed by atoms with Crippen molar-refractivity contribution < 1.29 is 5.11 Å². The van der Waals surface area contributed by atoms with Gasteiger partial charge in [0.2, 0.25) is 5.88 Å². The van der Waals surface area contributed by atoms with Crippen LogP contribution in [0.5, 0.6) is 5.88 Å². The van der Waals surface area contributed by atoms with Crippen LogP contribution in [0.2, 0.25) is 0 Å². The van der Waals surface area contributed by atoms with Gasteiger partial charge in [0.25, 0.3) is 5.56 Å². The highest BCUT2D eigenvalue weighted by molar-refractivity contribution is 5.20. The maximum Gasteiger partial charge on any atom is 0.331 e. The summed E-state index contributed by atoms with van der Waals surface area (Å²) in [6.45, 7) is 4.12. The van der Waals surface area contributed by atoms with Gasteiger partial charge in [0.05, 0.1) is 5.56 Å². The predicted molar refractivity (Wildman–Crippen MR) is 65.6 cm³/mol. The smallest absolute Gasteiger partial charge is 0.331 e. The van der Waals surface area contributed by atoms with Gasteiger partial charge in [0.1, 0.15) is 0 Å². The van der Waals surface area contributed by atoms with E-state index in [9.17, 15) is 14.7 Å². The normalized spacial score (nSPS) is 13.0. The van der Waals surface area contributed by atoms with Crippen LogP contribution in [0.15, 0.2) is 9.59 Å². The molecule has 0 aliphatic heterocycles. The standard InChI is InChI=1S/C11H19N3O3/c1-7(5-6-13(3)4)14-10(16)8(2)9(15)12-11(14)17/h7,16H,5-6H2,1-4H3,(H,12,15,17). The van der Waals surface area contributed by atoms with Crippen molar-refractivity contribution in [3.05, 3.63) is 26.4 Å². The lowest BCUT2D eigenvalue weighted by molar-refractivity contribution is 0.320. The molecule has 0 bridgehead atoms. The Morgan fingerprint density at radius 1 is 1.41 bits per heavy atom. The Morgan fingerprint density at radius 3 is 2.53 bits per heavy atom. The number of nitrogens with one attached hydrogen (secondary N) is 1. The lowest BCUT2D eigenvalue weighted by atomic mass is 10.2. The third-order valence-corrected chi connectivity index (χ3v) is 2.78. The van der Waals surface area contributed by atoms with Crippen molar-refractivity contribution in [2.75, 3.05) is 20.6 Å². The summed E-state index contributed by atoms with van der Waals surface area (Å²) in [6.07, 6.45) is 0.714. The van der Waals surface area contributed by atoms with Crippen molar-refractivity contribution in [3.8, 4) is 5.88 Å². The van der Waals surface area contributed by atoms with Gasteiger partial charge in [-0.3, -0.25) is 14.3 Å². The first-order valence-corrected chi connectivity index (χ1v) is 5.53. The Hall–Kier alpha value is -1.56. The second-order valence-electron chi connectivity index (χ2n) is 4.52. The molecule has 0 aliphatic carbocycles. The van der Waals surface area contributed by atoms with E-state index in [1.807, 2.05) is 25.9 Å². The molecule has 0 spiro atoms. The molecular formula is C11H19N3O3. The molecule has 2 N–H and O–H groups in total. The second kappa shape index (κ2) is 5.18. The fourth-order valence-corrected chi connectivity index (χ4v) is 1.61. The zero-order valence-corrected chi connectivity index (χ0v) is 10.6. The SMILES string of the molecule is Cc1c(O)n(C(C)CCN(C)C)c(=O)[nH]c1=O. The highest BCUT2D eigenvalue weighted by atomic mass is 16.3. The third kappa shape index (κ3) is 2.97. The molecule has 6 nitrogen and oxygen atoms in total. The summed E-state index contributed by atoms with van der Waals surface area (Å²) in [5, 5.41) is 9.82. The number of aromatic hydroxyl groups is 1. The van der Waals surface area contributed by atoms with E-state index in [-0.39, 0.29) is 17.5 Å². The van der Waals surface area contributed by atoms with Crippen LogP contribution >= 0.6 is 0 Å². The van der Waals surface area contributed by atoms with Gasteiger partial charge in [-0.1, -0.05) is 0 Å². The molecule has 0 aliphatic rings. The minimum absolute atomic E-state index is 0.166. The zero-order valence-electron chi connectivity index (χ0n) is 10.6. The molecule has 0 saturated carbocycles. The summed E-state index contributed by atoms with van der Waals surface area (Å²) in [6, 6.07) is -0.166. The van der Waals surface area contributed by atoms with Crippen LogP contribution < -0.4 is 11.2 Å². The van der Waals surface area contributed by atoms with Gasteiger partial charge in [0, 0.05) is 6.04 Å². The molecule has 96 valence electrons. The molecular weight excluding hydrogens is 222 g/mol. The maximum absolute atomic E-state index is 11.6. The molecule has 0 amide bonds. The average Bonchev–Trinajstić information content (AvgIpc) is 2.23. The number of aromatic nitrogens is 2. The molecule has 17 heavy (non-hydrogen) atoms. The van der Waals surface area contributed by atoms with Crippen molar-refractivity contribution >= 4 is 0 Å². The van der Waals surface area contributed by atoms with Crippen LogP contribution in [0.3, 0.4) is 0 Å². The van der Waals surface area contributed by atoms with Gasteiger partial charge in [0.15, 0.2) is 0 Å². The molecule has 1 aromatic heterocycles. The van der Waals surface area contributed by atoms with Crippen molar-refractivity contribution in [1.82, 2.24) is 14.5 Å². The first kappa shape index (κ1) is 13.5. The fourth-order valence-electron chi connectivity index (χ4n) is 1.61.